The molecule has 0 spiro atoms. The molecule has 2 rings (SSSR count). The first kappa shape index (κ1) is 13.9. The van der Waals surface area contributed by atoms with E-state index in [1.54, 1.807) is 18.2 Å². The Balaban J connectivity index is 2.03. The smallest absolute Gasteiger partial charge is 0.308 e. The number of anilines is 2. The monoisotopic (exact) mass is 338 g/mol. The van der Waals surface area contributed by atoms with Crippen molar-refractivity contribution in [2.75, 3.05) is 10.6 Å². The van der Waals surface area contributed by atoms with Crippen molar-refractivity contribution in [2.45, 2.75) is 6.92 Å². The van der Waals surface area contributed by atoms with Gasteiger partial charge in [0.1, 0.15) is 0 Å². The zero-order valence-electron chi connectivity index (χ0n) is 10.2. The molecule has 0 aromatic heterocycles. The molecular weight excluding hydrogens is 328 g/mol. The minimum atomic E-state index is -0.299. The van der Waals surface area contributed by atoms with Gasteiger partial charge in [-0.1, -0.05) is 29.3 Å². The number of nitrogens with one attached hydrogen (secondary N) is 2. The van der Waals surface area contributed by atoms with E-state index < -0.39 is 0 Å². The van der Waals surface area contributed by atoms with Crippen molar-refractivity contribution in [3.63, 3.8) is 0 Å². The van der Waals surface area contributed by atoms with E-state index in [2.05, 4.69) is 26.6 Å². The molecule has 0 saturated heterocycles. The highest BCUT2D eigenvalue weighted by molar-refractivity contribution is 9.10. The van der Waals surface area contributed by atoms with Crippen molar-refractivity contribution < 1.29 is 4.79 Å². The van der Waals surface area contributed by atoms with Gasteiger partial charge in [0.15, 0.2) is 0 Å². The second-order valence-corrected chi connectivity index (χ2v) is 5.36. The Bertz CT molecular complexity index is 599. The second-order valence-electron chi connectivity index (χ2n) is 4.07. The summed E-state index contributed by atoms with van der Waals surface area (Å²) in [6.07, 6.45) is 0. The molecule has 0 aliphatic rings. The van der Waals surface area contributed by atoms with Crippen molar-refractivity contribution in [3.8, 4) is 0 Å². The van der Waals surface area contributed by atoms with Crippen LogP contribution in [0.4, 0.5) is 16.2 Å². The van der Waals surface area contributed by atoms with Crippen molar-refractivity contribution in [1.82, 2.24) is 0 Å². The Morgan fingerprint density at radius 2 is 1.79 bits per heavy atom. The van der Waals surface area contributed by atoms with Gasteiger partial charge < -0.3 is 10.6 Å². The van der Waals surface area contributed by atoms with Crippen molar-refractivity contribution in [2.24, 2.45) is 0 Å². The third kappa shape index (κ3) is 3.98. The van der Waals surface area contributed by atoms with Gasteiger partial charge in [-0.2, -0.15) is 0 Å². The summed E-state index contributed by atoms with van der Waals surface area (Å²) in [5.74, 6) is 0. The molecule has 5 heteroatoms. The molecule has 0 unspecified atom stereocenters. The molecule has 0 aliphatic heterocycles. The van der Waals surface area contributed by atoms with E-state index in [-0.39, 0.29) is 6.03 Å². The lowest BCUT2D eigenvalue weighted by Gasteiger charge is -2.09. The normalized spacial score (nSPS) is 10.1. The number of hydrogen-bond acceptors (Lipinski definition) is 1. The summed E-state index contributed by atoms with van der Waals surface area (Å²) < 4.78 is 0.735. The van der Waals surface area contributed by atoms with Crippen LogP contribution in [-0.2, 0) is 0 Å². The Hall–Kier alpha value is -1.52. The molecule has 0 saturated carbocycles. The zero-order valence-corrected chi connectivity index (χ0v) is 12.5. The standard InChI is InChI=1S/C14H12BrClN2O/c1-9-2-5-11(6-3-9)17-14(19)18-13-7-4-10(16)8-12(13)15/h2-8H,1H3,(H2,17,18,19). The third-order valence-corrected chi connectivity index (χ3v) is 3.38. The number of amides is 2. The summed E-state index contributed by atoms with van der Waals surface area (Å²) >= 11 is 9.18. The second kappa shape index (κ2) is 6.08. The van der Waals surface area contributed by atoms with Crippen LogP contribution in [0, 0.1) is 6.92 Å². The van der Waals surface area contributed by atoms with E-state index in [1.807, 2.05) is 31.2 Å². The average molecular weight is 340 g/mol. The number of carbonyl (C=O) groups is 1. The van der Waals surface area contributed by atoms with Gasteiger partial charge in [0.05, 0.1) is 5.69 Å². The molecule has 19 heavy (non-hydrogen) atoms. The first-order valence-corrected chi connectivity index (χ1v) is 6.81. The van der Waals surface area contributed by atoms with Crippen LogP contribution in [0.5, 0.6) is 0 Å². The van der Waals surface area contributed by atoms with Gasteiger partial charge in [-0.3, -0.25) is 0 Å². The summed E-state index contributed by atoms with van der Waals surface area (Å²) in [6, 6.07) is 12.5. The lowest BCUT2D eigenvalue weighted by atomic mass is 10.2. The van der Waals surface area contributed by atoms with Crippen LogP contribution in [-0.4, -0.2) is 6.03 Å². The van der Waals surface area contributed by atoms with Crippen LogP contribution in [0.25, 0.3) is 0 Å². The summed E-state index contributed by atoms with van der Waals surface area (Å²) in [5.41, 5.74) is 2.55. The molecule has 2 aromatic carbocycles. The number of halogens is 2. The van der Waals surface area contributed by atoms with Crippen LogP contribution in [0.1, 0.15) is 5.56 Å². The van der Waals surface area contributed by atoms with Crippen molar-refractivity contribution in [3.05, 3.63) is 57.5 Å². The van der Waals surface area contributed by atoms with Gasteiger partial charge in [0, 0.05) is 15.2 Å². The molecule has 2 amide bonds. The highest BCUT2D eigenvalue weighted by atomic mass is 79.9. The number of benzene rings is 2. The lowest BCUT2D eigenvalue weighted by molar-refractivity contribution is 0.262. The van der Waals surface area contributed by atoms with E-state index in [4.69, 9.17) is 11.6 Å². The van der Waals surface area contributed by atoms with Crippen LogP contribution in [0.3, 0.4) is 0 Å². The maximum atomic E-state index is 11.8. The van der Waals surface area contributed by atoms with E-state index in [1.165, 1.54) is 0 Å². The summed E-state index contributed by atoms with van der Waals surface area (Å²) in [5, 5.41) is 6.11. The molecule has 0 fully saturated rings. The van der Waals surface area contributed by atoms with Crippen molar-refractivity contribution in [1.29, 1.82) is 0 Å². The van der Waals surface area contributed by atoms with E-state index >= 15 is 0 Å². The predicted octanol–water partition coefficient (Wildman–Crippen LogP) is 5.05. The minimum absolute atomic E-state index is 0.299. The average Bonchev–Trinajstić information content (AvgIpc) is 2.36. The quantitative estimate of drug-likeness (QED) is 0.789. The SMILES string of the molecule is Cc1ccc(NC(=O)Nc2ccc(Cl)cc2Br)cc1. The largest absolute Gasteiger partial charge is 0.323 e. The van der Waals surface area contributed by atoms with Crippen molar-refractivity contribution >= 4 is 44.9 Å². The molecule has 2 N–H and O–H groups in total. The van der Waals surface area contributed by atoms with E-state index in [9.17, 15) is 4.79 Å². The number of aryl methyl sites for hydroxylation is 1. The molecule has 0 bridgehead atoms. The Kier molecular flexibility index (Phi) is 4.45. The number of carbonyl (C=O) groups excluding carboxylic acids is 1. The topological polar surface area (TPSA) is 41.1 Å². The third-order valence-electron chi connectivity index (χ3n) is 2.49. The molecular formula is C14H12BrClN2O. The Morgan fingerprint density at radius 1 is 1.11 bits per heavy atom. The first-order valence-electron chi connectivity index (χ1n) is 5.64. The summed E-state index contributed by atoms with van der Waals surface area (Å²) in [4.78, 5) is 11.8. The maximum Gasteiger partial charge on any atom is 0.323 e. The Morgan fingerprint density at radius 3 is 2.42 bits per heavy atom. The lowest BCUT2D eigenvalue weighted by Crippen LogP contribution is -2.19. The van der Waals surface area contributed by atoms with Crippen LogP contribution < -0.4 is 10.6 Å². The molecule has 0 atom stereocenters. The fraction of sp³-hybridized carbons (Fsp3) is 0.0714. The number of hydrogen-bond donors (Lipinski definition) is 2. The molecule has 0 aliphatic carbocycles. The molecule has 0 radical (unpaired) electrons. The van der Waals surface area contributed by atoms with Crippen LogP contribution >= 0.6 is 27.5 Å². The highest BCUT2D eigenvalue weighted by Gasteiger charge is 2.06. The molecule has 0 heterocycles. The van der Waals surface area contributed by atoms with Gasteiger partial charge in [0.25, 0.3) is 0 Å². The minimum Gasteiger partial charge on any atom is -0.308 e. The molecule has 2 aromatic rings. The maximum absolute atomic E-state index is 11.8. The van der Waals surface area contributed by atoms with Gasteiger partial charge >= 0.3 is 6.03 Å². The highest BCUT2D eigenvalue weighted by Crippen LogP contribution is 2.26. The van der Waals surface area contributed by atoms with Gasteiger partial charge in [0.2, 0.25) is 0 Å². The fourth-order valence-corrected chi connectivity index (χ4v) is 2.29. The zero-order chi connectivity index (χ0) is 13.8. The molecule has 98 valence electrons. The number of rotatable bonds is 2. The molecule has 3 nitrogen and oxygen atoms in total. The van der Waals surface area contributed by atoms with E-state index in [0.717, 1.165) is 15.7 Å². The summed E-state index contributed by atoms with van der Waals surface area (Å²) in [6.45, 7) is 1.99. The summed E-state index contributed by atoms with van der Waals surface area (Å²) in [7, 11) is 0. The fourth-order valence-electron chi connectivity index (χ4n) is 1.51. The van der Waals surface area contributed by atoms with Crippen LogP contribution in [0.15, 0.2) is 46.9 Å². The first-order chi connectivity index (χ1) is 9.04. The van der Waals surface area contributed by atoms with Gasteiger partial charge in [-0.15, -0.1) is 0 Å². The van der Waals surface area contributed by atoms with Gasteiger partial charge in [-0.25, -0.2) is 4.79 Å². The predicted molar refractivity (Wildman–Crippen MR) is 83.0 cm³/mol. The van der Waals surface area contributed by atoms with Gasteiger partial charge in [-0.05, 0) is 53.2 Å². The van der Waals surface area contributed by atoms with E-state index in [0.29, 0.717) is 10.7 Å². The number of urea groups is 1. The van der Waals surface area contributed by atoms with Crippen LogP contribution in [0.2, 0.25) is 5.02 Å². The Labute approximate surface area is 125 Å².